The van der Waals surface area contributed by atoms with Crippen LogP contribution in [0.3, 0.4) is 0 Å². The van der Waals surface area contributed by atoms with Crippen molar-refractivity contribution in [3.63, 3.8) is 0 Å². The normalized spacial score (nSPS) is 11.8. The molecular formula is C10H10BBrNO3. The lowest BCUT2D eigenvalue weighted by Crippen LogP contribution is -2.41. The van der Waals surface area contributed by atoms with Gasteiger partial charge in [0.1, 0.15) is 0 Å². The highest BCUT2D eigenvalue weighted by atomic mass is 79.9. The maximum atomic E-state index is 10.9. The monoisotopic (exact) mass is 282 g/mol. The number of carboxylic acid groups (broad SMARTS) is 1. The lowest BCUT2D eigenvalue weighted by atomic mass is 9.94. The molecule has 0 bridgehead atoms. The molecule has 1 atom stereocenters. The molecule has 1 aromatic carbocycles. The minimum Gasteiger partial charge on any atom is -0.480 e. The van der Waals surface area contributed by atoms with Gasteiger partial charge < -0.3 is 15.1 Å². The van der Waals surface area contributed by atoms with Crippen molar-refractivity contribution in [1.82, 2.24) is 5.23 Å². The highest BCUT2D eigenvalue weighted by Gasteiger charge is 2.16. The van der Waals surface area contributed by atoms with E-state index in [1.54, 1.807) is 0 Å². The highest BCUT2D eigenvalue weighted by molar-refractivity contribution is 9.10. The van der Waals surface area contributed by atoms with Crippen molar-refractivity contribution in [2.75, 3.05) is 0 Å². The second-order valence-corrected chi connectivity index (χ2v) is 4.11. The number of nitrogens with one attached hydrogen (secondary N) is 1. The van der Waals surface area contributed by atoms with Crippen LogP contribution in [0.4, 0.5) is 0 Å². The summed E-state index contributed by atoms with van der Waals surface area (Å²) >= 11 is 3.30. The molecule has 0 aromatic heterocycles. The van der Waals surface area contributed by atoms with Gasteiger partial charge in [-0.2, -0.15) is 0 Å². The van der Waals surface area contributed by atoms with E-state index in [1.165, 1.54) is 0 Å². The van der Waals surface area contributed by atoms with Gasteiger partial charge in [0, 0.05) is 4.47 Å². The van der Waals surface area contributed by atoms with Crippen LogP contribution in [0.15, 0.2) is 28.7 Å². The van der Waals surface area contributed by atoms with Crippen molar-refractivity contribution >= 4 is 35.5 Å². The zero-order valence-corrected chi connectivity index (χ0v) is 9.98. The number of carbonyl (C=O) groups excluding carboxylic acids is 1. The van der Waals surface area contributed by atoms with Gasteiger partial charge >= 0.3 is 5.97 Å². The SMILES string of the molecule is O=C[B]N[C@H](Cc1ccc(Br)cc1)C(=O)O. The Morgan fingerprint density at radius 3 is 2.62 bits per heavy atom. The number of hydrogen-bond acceptors (Lipinski definition) is 3. The summed E-state index contributed by atoms with van der Waals surface area (Å²) < 4.78 is 0.940. The van der Waals surface area contributed by atoms with Gasteiger partial charge in [-0.1, -0.05) is 28.1 Å². The fourth-order valence-electron chi connectivity index (χ4n) is 1.23. The molecule has 0 heterocycles. The summed E-state index contributed by atoms with van der Waals surface area (Å²) in [7, 11) is 1.09. The van der Waals surface area contributed by atoms with E-state index in [4.69, 9.17) is 5.11 Å². The molecule has 6 heteroatoms. The molecule has 16 heavy (non-hydrogen) atoms. The average Bonchev–Trinajstić information content (AvgIpc) is 2.26. The van der Waals surface area contributed by atoms with Gasteiger partial charge in [-0.15, -0.1) is 0 Å². The Morgan fingerprint density at radius 1 is 1.50 bits per heavy atom. The Labute approximate surface area is 102 Å². The number of aliphatic carboxylic acids is 1. The molecule has 0 aliphatic rings. The van der Waals surface area contributed by atoms with Crippen molar-refractivity contribution in [2.45, 2.75) is 12.5 Å². The second-order valence-electron chi connectivity index (χ2n) is 3.19. The minimum absolute atomic E-state index is 0.326. The smallest absolute Gasteiger partial charge is 0.320 e. The Balaban J connectivity index is 2.63. The summed E-state index contributed by atoms with van der Waals surface area (Å²) in [5, 5.41) is 11.4. The second kappa shape index (κ2) is 6.45. The molecule has 2 N–H and O–H groups in total. The lowest BCUT2D eigenvalue weighted by Gasteiger charge is -2.12. The standard InChI is InChI=1S/C10H10BBrNO3/c12-8-3-1-7(2-4-8)5-9(10(15)16)13-11-6-14/h1-4,6,9,13H,5H2,(H,15,16)/t9-/m1/s1. The van der Waals surface area contributed by atoms with E-state index in [9.17, 15) is 9.59 Å². The van der Waals surface area contributed by atoms with Gasteiger partial charge in [-0.05, 0) is 24.1 Å². The number of halogens is 1. The molecule has 4 nitrogen and oxygen atoms in total. The molecule has 1 aromatic rings. The van der Waals surface area contributed by atoms with Gasteiger partial charge in [0.25, 0.3) is 7.41 Å². The third-order valence-corrected chi connectivity index (χ3v) is 2.55. The Bertz CT molecular complexity index is 369. The molecule has 0 amide bonds. The summed E-state index contributed by atoms with van der Waals surface area (Å²) in [5.74, 6) is -0.985. The number of hydrogen-bond donors (Lipinski definition) is 2. The van der Waals surface area contributed by atoms with Crippen molar-refractivity contribution in [3.8, 4) is 0 Å². The number of rotatable bonds is 6. The summed E-state index contributed by atoms with van der Waals surface area (Å²) in [6.07, 6.45) is 0.852. The van der Waals surface area contributed by atoms with Crippen LogP contribution in [-0.4, -0.2) is 30.7 Å². The Hall–Kier alpha value is -1.14. The van der Waals surface area contributed by atoms with E-state index in [1.807, 2.05) is 24.3 Å². The topological polar surface area (TPSA) is 66.4 Å². The van der Waals surface area contributed by atoms with Gasteiger partial charge in [-0.25, -0.2) is 0 Å². The number of carbonyl (C=O) groups is 2. The first-order chi connectivity index (χ1) is 7.63. The van der Waals surface area contributed by atoms with Crippen LogP contribution in [0, 0.1) is 0 Å². The first kappa shape index (κ1) is 12.9. The Kier molecular flexibility index (Phi) is 5.21. The molecule has 83 valence electrons. The van der Waals surface area contributed by atoms with Crippen LogP contribution in [0.5, 0.6) is 0 Å². The van der Waals surface area contributed by atoms with Crippen molar-refractivity contribution in [2.24, 2.45) is 0 Å². The molecule has 0 unspecified atom stereocenters. The minimum atomic E-state index is -0.985. The van der Waals surface area contributed by atoms with Crippen molar-refractivity contribution in [3.05, 3.63) is 34.3 Å². The van der Waals surface area contributed by atoms with Crippen LogP contribution in [0.1, 0.15) is 5.56 Å². The number of benzene rings is 1. The van der Waals surface area contributed by atoms with Crippen LogP contribution in [0.2, 0.25) is 0 Å². The fraction of sp³-hybridized carbons (Fsp3) is 0.200. The molecule has 0 spiro atoms. The van der Waals surface area contributed by atoms with Crippen LogP contribution in [-0.2, 0) is 16.0 Å². The summed E-state index contributed by atoms with van der Waals surface area (Å²) in [4.78, 5) is 21.0. The maximum Gasteiger partial charge on any atom is 0.320 e. The summed E-state index contributed by atoms with van der Waals surface area (Å²) in [5.41, 5.74) is 0.891. The summed E-state index contributed by atoms with van der Waals surface area (Å²) in [6.45, 7) is 0. The van der Waals surface area contributed by atoms with Gasteiger partial charge in [0.05, 0.1) is 12.2 Å². The van der Waals surface area contributed by atoms with Crippen LogP contribution >= 0.6 is 15.9 Å². The molecule has 0 aliphatic carbocycles. The average molecular weight is 283 g/mol. The summed E-state index contributed by atoms with van der Waals surface area (Å²) in [6, 6.07) is 6.58. The largest absolute Gasteiger partial charge is 0.480 e. The molecule has 0 saturated carbocycles. The van der Waals surface area contributed by atoms with E-state index in [2.05, 4.69) is 21.2 Å². The van der Waals surface area contributed by atoms with Gasteiger partial charge in [-0.3, -0.25) is 4.79 Å². The zero-order chi connectivity index (χ0) is 12.0. The Morgan fingerprint density at radius 2 is 2.12 bits per heavy atom. The van der Waals surface area contributed by atoms with E-state index in [-0.39, 0.29) is 0 Å². The third-order valence-electron chi connectivity index (χ3n) is 2.02. The van der Waals surface area contributed by atoms with Crippen LogP contribution in [0.25, 0.3) is 0 Å². The van der Waals surface area contributed by atoms with E-state index in [0.717, 1.165) is 17.5 Å². The quantitative estimate of drug-likeness (QED) is 0.600. The third kappa shape index (κ3) is 4.16. The van der Waals surface area contributed by atoms with Crippen molar-refractivity contribution in [1.29, 1.82) is 0 Å². The molecule has 0 saturated heterocycles. The molecule has 1 rings (SSSR count). The molecule has 0 fully saturated rings. The lowest BCUT2D eigenvalue weighted by molar-refractivity contribution is -0.138. The van der Waals surface area contributed by atoms with E-state index in [0.29, 0.717) is 12.6 Å². The fourth-order valence-corrected chi connectivity index (χ4v) is 1.49. The van der Waals surface area contributed by atoms with Gasteiger partial charge in [0.15, 0.2) is 0 Å². The van der Waals surface area contributed by atoms with E-state index >= 15 is 0 Å². The zero-order valence-electron chi connectivity index (χ0n) is 8.39. The first-order valence-corrected chi connectivity index (χ1v) is 5.43. The van der Waals surface area contributed by atoms with E-state index < -0.39 is 12.0 Å². The van der Waals surface area contributed by atoms with Crippen molar-refractivity contribution < 1.29 is 14.7 Å². The molecular weight excluding hydrogens is 273 g/mol. The van der Waals surface area contributed by atoms with Gasteiger partial charge in [0.2, 0.25) is 0 Å². The molecule has 1 radical (unpaired) electrons. The van der Waals surface area contributed by atoms with Crippen LogP contribution < -0.4 is 5.23 Å². The number of carboxylic acids is 1. The predicted octanol–water partition coefficient (Wildman–Crippen LogP) is 0.844. The highest BCUT2D eigenvalue weighted by Crippen LogP contribution is 2.11. The first-order valence-electron chi connectivity index (χ1n) is 4.63. The predicted molar refractivity (Wildman–Crippen MR) is 64.9 cm³/mol. The maximum absolute atomic E-state index is 10.9. The molecule has 0 aliphatic heterocycles.